The summed E-state index contributed by atoms with van der Waals surface area (Å²) in [5, 5.41) is 7.47. The smallest absolute Gasteiger partial charge is 0.254 e. The zero-order chi connectivity index (χ0) is 20.9. The highest BCUT2D eigenvalue weighted by atomic mass is 32.2. The van der Waals surface area contributed by atoms with Crippen LogP contribution in [0, 0.1) is 0 Å². The number of carbonyl (C=O) groups is 2. The van der Waals surface area contributed by atoms with Crippen molar-refractivity contribution in [3.63, 3.8) is 0 Å². The third-order valence-corrected chi connectivity index (χ3v) is 7.32. The molecule has 0 aliphatic heterocycles. The number of carbonyl (C=O) groups excluding carboxylic acids is 2. The molecule has 0 fully saturated rings. The highest BCUT2D eigenvalue weighted by Gasteiger charge is 2.26. The molecule has 0 saturated heterocycles. The van der Waals surface area contributed by atoms with E-state index in [0.717, 1.165) is 42.0 Å². The van der Waals surface area contributed by atoms with E-state index in [9.17, 15) is 9.59 Å². The molecule has 4 rings (SSSR count). The summed E-state index contributed by atoms with van der Waals surface area (Å²) >= 11 is 2.93. The molecule has 2 amide bonds. The normalized spacial score (nSPS) is 13.0. The third-order valence-electron chi connectivity index (χ3n) is 5.06. The molecule has 2 N–H and O–H groups in total. The minimum Gasteiger partial charge on any atom is -0.348 e. The summed E-state index contributed by atoms with van der Waals surface area (Å²) < 4.78 is 1.88. The first-order chi connectivity index (χ1) is 14.6. The lowest BCUT2D eigenvalue weighted by atomic mass is 9.95. The average molecular weight is 441 g/mol. The number of rotatable bonds is 7. The maximum atomic E-state index is 13.1. The lowest BCUT2D eigenvalue weighted by Gasteiger charge is -2.13. The number of fused-ring (bicyclic) bond motifs is 1. The van der Waals surface area contributed by atoms with Gasteiger partial charge < -0.3 is 15.2 Å². The van der Waals surface area contributed by atoms with Crippen molar-refractivity contribution in [1.29, 1.82) is 0 Å². The molecule has 0 bridgehead atoms. The molecular weight excluding hydrogens is 416 g/mol. The van der Waals surface area contributed by atoms with E-state index in [4.69, 9.17) is 0 Å². The highest BCUT2D eigenvalue weighted by Crippen LogP contribution is 2.38. The summed E-state index contributed by atoms with van der Waals surface area (Å²) in [5.41, 5.74) is 2.79. The van der Waals surface area contributed by atoms with E-state index in [2.05, 4.69) is 15.6 Å². The quantitative estimate of drug-likeness (QED) is 0.544. The third kappa shape index (κ3) is 4.76. The molecule has 0 atom stereocenters. The van der Waals surface area contributed by atoms with Gasteiger partial charge in [-0.3, -0.25) is 9.59 Å². The van der Waals surface area contributed by atoms with Crippen molar-refractivity contribution in [2.75, 3.05) is 11.1 Å². The van der Waals surface area contributed by atoms with Gasteiger partial charge >= 0.3 is 0 Å². The summed E-state index contributed by atoms with van der Waals surface area (Å²) in [7, 11) is 1.90. The highest BCUT2D eigenvalue weighted by molar-refractivity contribution is 7.99. The van der Waals surface area contributed by atoms with Crippen molar-refractivity contribution in [3.8, 4) is 0 Å². The molecule has 6 nitrogen and oxygen atoms in total. The van der Waals surface area contributed by atoms with Crippen LogP contribution in [0.3, 0.4) is 0 Å². The van der Waals surface area contributed by atoms with E-state index in [1.807, 2.05) is 48.1 Å². The van der Waals surface area contributed by atoms with Gasteiger partial charge in [-0.05, 0) is 36.8 Å². The number of amides is 2. The predicted octanol–water partition coefficient (Wildman–Crippen LogP) is 4.02. The number of thioether (sulfide) groups is 1. The molecule has 1 aliphatic rings. The fourth-order valence-corrected chi connectivity index (χ4v) is 5.58. The van der Waals surface area contributed by atoms with Gasteiger partial charge in [0.1, 0.15) is 5.00 Å². The number of hydrogen-bond acceptors (Lipinski definition) is 5. The minimum atomic E-state index is -0.126. The Kier molecular flexibility index (Phi) is 6.54. The Bertz CT molecular complexity index is 1040. The van der Waals surface area contributed by atoms with E-state index in [1.165, 1.54) is 16.6 Å². The van der Waals surface area contributed by atoms with Gasteiger partial charge in [0, 0.05) is 30.9 Å². The number of imidazole rings is 1. The number of aryl methyl sites for hydroxylation is 2. The Balaban J connectivity index is 1.48. The van der Waals surface area contributed by atoms with E-state index in [1.54, 1.807) is 17.5 Å². The Labute approximate surface area is 184 Å². The zero-order valence-corrected chi connectivity index (χ0v) is 18.4. The van der Waals surface area contributed by atoms with Gasteiger partial charge in [-0.2, -0.15) is 0 Å². The maximum absolute atomic E-state index is 13.1. The summed E-state index contributed by atoms with van der Waals surface area (Å²) in [6, 6.07) is 9.84. The second-order valence-corrected chi connectivity index (χ2v) is 9.29. The van der Waals surface area contributed by atoms with Crippen LogP contribution in [0.2, 0.25) is 0 Å². The Morgan fingerprint density at radius 2 is 2.00 bits per heavy atom. The largest absolute Gasteiger partial charge is 0.348 e. The summed E-state index contributed by atoms with van der Waals surface area (Å²) in [6.45, 7) is 0.465. The molecule has 0 saturated carbocycles. The number of aromatic nitrogens is 2. The summed E-state index contributed by atoms with van der Waals surface area (Å²) in [6.07, 6.45) is 7.62. The standard InChI is InChI=1S/C22H24N4O2S2/c1-26-12-11-23-22(26)29-14-18(27)25-21-19(16-9-5-6-10-17(16)30-21)20(28)24-13-15-7-3-2-4-8-15/h2-4,7-8,11-12H,5-6,9-10,13-14H2,1H3,(H,24,28)(H,25,27). The molecule has 2 aromatic heterocycles. The van der Waals surface area contributed by atoms with Crippen LogP contribution in [0.4, 0.5) is 5.00 Å². The van der Waals surface area contributed by atoms with E-state index in [-0.39, 0.29) is 17.6 Å². The SMILES string of the molecule is Cn1ccnc1SCC(=O)Nc1sc2c(c1C(=O)NCc1ccccc1)CCCC2. The van der Waals surface area contributed by atoms with Gasteiger partial charge in [0.15, 0.2) is 5.16 Å². The molecule has 1 aromatic carbocycles. The van der Waals surface area contributed by atoms with Crippen LogP contribution < -0.4 is 10.6 Å². The number of nitrogens with one attached hydrogen (secondary N) is 2. The first-order valence-corrected chi connectivity index (χ1v) is 11.8. The van der Waals surface area contributed by atoms with Crippen LogP contribution in [-0.4, -0.2) is 27.1 Å². The molecule has 2 heterocycles. The summed E-state index contributed by atoms with van der Waals surface area (Å²) in [4.78, 5) is 31.1. The minimum absolute atomic E-state index is 0.120. The number of anilines is 1. The lowest BCUT2D eigenvalue weighted by molar-refractivity contribution is -0.113. The van der Waals surface area contributed by atoms with Crippen molar-refractivity contribution in [2.24, 2.45) is 7.05 Å². The second-order valence-electron chi connectivity index (χ2n) is 7.24. The molecule has 156 valence electrons. The molecule has 1 aliphatic carbocycles. The second kappa shape index (κ2) is 9.49. The molecule has 30 heavy (non-hydrogen) atoms. The molecule has 3 aromatic rings. The van der Waals surface area contributed by atoms with Gasteiger partial charge in [0.25, 0.3) is 5.91 Å². The maximum Gasteiger partial charge on any atom is 0.254 e. The molecule has 0 spiro atoms. The van der Waals surface area contributed by atoms with Gasteiger partial charge in [-0.25, -0.2) is 4.98 Å². The summed E-state index contributed by atoms with van der Waals surface area (Å²) in [5.74, 6) is 0.00222. The van der Waals surface area contributed by atoms with Gasteiger partial charge in [-0.1, -0.05) is 42.1 Å². The predicted molar refractivity (Wildman–Crippen MR) is 121 cm³/mol. The van der Waals surface area contributed by atoms with Crippen molar-refractivity contribution in [1.82, 2.24) is 14.9 Å². The van der Waals surface area contributed by atoms with Crippen molar-refractivity contribution < 1.29 is 9.59 Å². The molecular formula is C22H24N4O2S2. The Morgan fingerprint density at radius 3 is 2.77 bits per heavy atom. The van der Waals surface area contributed by atoms with Crippen molar-refractivity contribution in [2.45, 2.75) is 37.4 Å². The van der Waals surface area contributed by atoms with E-state index in [0.29, 0.717) is 17.1 Å². The van der Waals surface area contributed by atoms with Crippen molar-refractivity contribution in [3.05, 3.63) is 64.3 Å². The topological polar surface area (TPSA) is 76.0 Å². The first-order valence-electron chi connectivity index (χ1n) is 9.98. The van der Waals surface area contributed by atoms with Gasteiger partial charge in [-0.15, -0.1) is 11.3 Å². The van der Waals surface area contributed by atoms with Crippen LogP contribution >= 0.6 is 23.1 Å². The fraction of sp³-hybridized carbons (Fsp3) is 0.318. The van der Waals surface area contributed by atoms with Crippen LogP contribution in [0.5, 0.6) is 0 Å². The number of hydrogen-bond donors (Lipinski definition) is 2. The zero-order valence-electron chi connectivity index (χ0n) is 16.8. The fourth-order valence-electron chi connectivity index (χ4n) is 3.54. The average Bonchev–Trinajstić information content (AvgIpc) is 3.33. The van der Waals surface area contributed by atoms with Crippen LogP contribution in [0.25, 0.3) is 0 Å². The van der Waals surface area contributed by atoms with Gasteiger partial charge in [0.2, 0.25) is 5.91 Å². The van der Waals surface area contributed by atoms with E-state index >= 15 is 0 Å². The monoisotopic (exact) mass is 440 g/mol. The van der Waals surface area contributed by atoms with Crippen molar-refractivity contribution >= 4 is 39.9 Å². The first kappa shape index (κ1) is 20.7. The molecule has 0 radical (unpaired) electrons. The van der Waals surface area contributed by atoms with Crippen LogP contribution in [0.1, 0.15) is 39.2 Å². The van der Waals surface area contributed by atoms with Crippen LogP contribution in [0.15, 0.2) is 47.9 Å². The number of thiophene rings is 1. The molecule has 8 heteroatoms. The number of nitrogens with zero attached hydrogens (tertiary/aromatic N) is 2. The Hall–Kier alpha value is -2.58. The molecule has 0 unspecified atom stereocenters. The van der Waals surface area contributed by atoms with Crippen LogP contribution in [-0.2, 0) is 31.2 Å². The Morgan fingerprint density at radius 1 is 1.20 bits per heavy atom. The number of benzene rings is 1. The van der Waals surface area contributed by atoms with Gasteiger partial charge in [0.05, 0.1) is 11.3 Å². The lowest BCUT2D eigenvalue weighted by Crippen LogP contribution is -2.25. The van der Waals surface area contributed by atoms with E-state index < -0.39 is 0 Å².